The Kier molecular flexibility index (Phi) is 8.85. The SMILES string of the molecule is CSCC[C@@H](NC(=O)C1CCCC1)C(O)N1CC[C@](C)(C2=CCC(Cl)CC2)C(C)(C)C1. The van der Waals surface area contributed by atoms with E-state index in [-0.39, 0.29) is 34.1 Å². The second-order valence-electron chi connectivity index (χ2n) is 10.8. The molecule has 0 aromatic rings. The molecule has 178 valence electrons. The highest BCUT2D eigenvalue weighted by atomic mass is 35.5. The smallest absolute Gasteiger partial charge is 0.223 e. The highest BCUT2D eigenvalue weighted by Gasteiger charge is 2.49. The molecule has 0 radical (unpaired) electrons. The lowest BCUT2D eigenvalue weighted by atomic mass is 9.57. The van der Waals surface area contributed by atoms with Crippen LogP contribution in [-0.4, -0.2) is 58.7 Å². The maximum atomic E-state index is 12.8. The molecule has 2 N–H and O–H groups in total. The van der Waals surface area contributed by atoms with Crippen molar-refractivity contribution in [2.75, 3.05) is 25.1 Å². The number of hydrogen-bond donors (Lipinski definition) is 2. The Balaban J connectivity index is 1.68. The highest BCUT2D eigenvalue weighted by Crippen LogP contribution is 2.53. The minimum Gasteiger partial charge on any atom is -0.376 e. The zero-order valence-corrected chi connectivity index (χ0v) is 21.5. The molecule has 2 fully saturated rings. The monoisotopic (exact) mass is 470 g/mol. The normalized spacial score (nSPS) is 31.8. The van der Waals surface area contributed by atoms with Gasteiger partial charge in [-0.25, -0.2) is 0 Å². The summed E-state index contributed by atoms with van der Waals surface area (Å²) in [6.07, 6.45) is 13.1. The van der Waals surface area contributed by atoms with Crippen molar-refractivity contribution >= 4 is 29.3 Å². The Labute approximate surface area is 198 Å². The van der Waals surface area contributed by atoms with Crippen molar-refractivity contribution in [1.29, 1.82) is 0 Å². The van der Waals surface area contributed by atoms with Gasteiger partial charge >= 0.3 is 0 Å². The quantitative estimate of drug-likeness (QED) is 0.378. The number of rotatable bonds is 8. The van der Waals surface area contributed by atoms with Crippen molar-refractivity contribution < 1.29 is 9.90 Å². The predicted octanol–water partition coefficient (Wildman–Crippen LogP) is 5.19. The number of thioether (sulfide) groups is 1. The van der Waals surface area contributed by atoms with Crippen LogP contribution in [0.5, 0.6) is 0 Å². The fourth-order valence-corrected chi connectivity index (χ4v) is 6.56. The van der Waals surface area contributed by atoms with Gasteiger partial charge in [0.1, 0.15) is 6.23 Å². The van der Waals surface area contributed by atoms with Gasteiger partial charge in [-0.3, -0.25) is 9.69 Å². The van der Waals surface area contributed by atoms with E-state index in [0.717, 1.165) is 76.6 Å². The Morgan fingerprint density at radius 3 is 2.61 bits per heavy atom. The molecule has 2 unspecified atom stereocenters. The number of aliphatic hydroxyl groups excluding tert-OH is 1. The van der Waals surface area contributed by atoms with Gasteiger partial charge < -0.3 is 10.4 Å². The van der Waals surface area contributed by atoms with Gasteiger partial charge in [0, 0.05) is 24.4 Å². The number of allylic oxidation sites excluding steroid dienone is 2. The summed E-state index contributed by atoms with van der Waals surface area (Å²) in [6, 6.07) is -0.202. The van der Waals surface area contributed by atoms with Crippen LogP contribution in [0.2, 0.25) is 0 Å². The van der Waals surface area contributed by atoms with Crippen LogP contribution >= 0.6 is 23.4 Å². The first kappa shape index (κ1) is 25.4. The molecule has 0 aromatic heterocycles. The number of alkyl halides is 1. The molecule has 4 nitrogen and oxygen atoms in total. The first-order chi connectivity index (χ1) is 14.7. The maximum absolute atomic E-state index is 12.8. The standard InChI is InChI=1S/C25H43ClN2O2S/c1-24(2)17-28(15-14-25(24,3)19-9-11-20(26)12-10-19)23(30)21(13-16-31-4)27-22(29)18-7-5-6-8-18/h9,18,20-21,23,30H,5-8,10-17H2,1-4H3,(H,27,29)/t20?,21-,23?,25-/m1/s1. The van der Waals surface area contributed by atoms with E-state index in [1.54, 1.807) is 17.3 Å². The summed E-state index contributed by atoms with van der Waals surface area (Å²) >= 11 is 8.12. The molecule has 1 heterocycles. The van der Waals surface area contributed by atoms with E-state index >= 15 is 0 Å². The third-order valence-electron chi connectivity index (χ3n) is 8.47. The molecule has 6 heteroatoms. The fourth-order valence-electron chi connectivity index (χ4n) is 5.87. The average molecular weight is 471 g/mol. The Hall–Kier alpha value is -0.230. The topological polar surface area (TPSA) is 52.6 Å². The third-order valence-corrected chi connectivity index (χ3v) is 9.51. The first-order valence-corrected chi connectivity index (χ1v) is 14.1. The number of hydrogen-bond acceptors (Lipinski definition) is 4. The van der Waals surface area contributed by atoms with Gasteiger partial charge in [-0.1, -0.05) is 45.3 Å². The molecule has 1 amide bonds. The molecule has 4 atom stereocenters. The lowest BCUT2D eigenvalue weighted by molar-refractivity contribution is -0.130. The summed E-state index contributed by atoms with van der Waals surface area (Å²) in [5, 5.41) is 14.9. The van der Waals surface area contributed by atoms with Gasteiger partial charge in [-0.05, 0) is 67.8 Å². The van der Waals surface area contributed by atoms with E-state index in [2.05, 4.69) is 43.3 Å². The predicted molar refractivity (Wildman–Crippen MR) is 133 cm³/mol. The van der Waals surface area contributed by atoms with Crippen LogP contribution in [0.15, 0.2) is 11.6 Å². The molecule has 1 aliphatic heterocycles. The molecule has 31 heavy (non-hydrogen) atoms. The summed E-state index contributed by atoms with van der Waals surface area (Å²) in [7, 11) is 0. The number of nitrogens with one attached hydrogen (secondary N) is 1. The molecular formula is C25H43ClN2O2S. The van der Waals surface area contributed by atoms with E-state index in [0.29, 0.717) is 0 Å². The highest BCUT2D eigenvalue weighted by molar-refractivity contribution is 7.98. The number of carbonyl (C=O) groups excluding carboxylic acids is 1. The number of nitrogens with zero attached hydrogens (tertiary/aromatic N) is 1. The van der Waals surface area contributed by atoms with Crippen LogP contribution in [0.3, 0.4) is 0 Å². The zero-order valence-electron chi connectivity index (χ0n) is 20.0. The van der Waals surface area contributed by atoms with Gasteiger partial charge in [0.15, 0.2) is 0 Å². The maximum Gasteiger partial charge on any atom is 0.223 e. The van der Waals surface area contributed by atoms with Crippen molar-refractivity contribution in [3.05, 3.63) is 11.6 Å². The molecule has 3 rings (SSSR count). The second-order valence-corrected chi connectivity index (χ2v) is 12.4. The van der Waals surface area contributed by atoms with E-state index < -0.39 is 6.23 Å². The van der Waals surface area contributed by atoms with E-state index in [1.807, 2.05) is 0 Å². The van der Waals surface area contributed by atoms with Crippen LogP contribution in [0.25, 0.3) is 0 Å². The van der Waals surface area contributed by atoms with Crippen LogP contribution in [0.4, 0.5) is 0 Å². The molecule has 1 saturated heterocycles. The Morgan fingerprint density at radius 1 is 1.32 bits per heavy atom. The minimum absolute atomic E-state index is 0.0384. The lowest BCUT2D eigenvalue weighted by Gasteiger charge is -2.55. The summed E-state index contributed by atoms with van der Waals surface area (Å²) in [4.78, 5) is 15.0. The number of piperidine rings is 1. The van der Waals surface area contributed by atoms with Crippen molar-refractivity contribution in [2.45, 2.75) is 96.2 Å². The Bertz CT molecular complexity index is 649. The first-order valence-electron chi connectivity index (χ1n) is 12.2. The number of aliphatic hydroxyl groups is 1. The third kappa shape index (κ3) is 5.83. The van der Waals surface area contributed by atoms with Crippen LogP contribution in [-0.2, 0) is 4.79 Å². The van der Waals surface area contributed by atoms with Crippen LogP contribution in [0, 0.1) is 16.7 Å². The van der Waals surface area contributed by atoms with Gasteiger partial charge in [0.2, 0.25) is 5.91 Å². The van der Waals surface area contributed by atoms with E-state index in [9.17, 15) is 9.90 Å². The minimum atomic E-state index is -0.631. The fraction of sp³-hybridized carbons (Fsp3) is 0.880. The van der Waals surface area contributed by atoms with Crippen LogP contribution in [0.1, 0.15) is 78.6 Å². The van der Waals surface area contributed by atoms with Gasteiger partial charge in [-0.15, -0.1) is 11.6 Å². The summed E-state index contributed by atoms with van der Waals surface area (Å²) in [5.41, 5.74) is 1.72. The Morgan fingerprint density at radius 2 is 2.03 bits per heavy atom. The van der Waals surface area contributed by atoms with Crippen molar-refractivity contribution in [3.63, 3.8) is 0 Å². The molecule has 0 bridgehead atoms. The summed E-state index contributed by atoms with van der Waals surface area (Å²) in [6.45, 7) is 8.78. The van der Waals surface area contributed by atoms with Crippen molar-refractivity contribution in [2.24, 2.45) is 16.7 Å². The largest absolute Gasteiger partial charge is 0.376 e. The van der Waals surface area contributed by atoms with E-state index in [1.165, 1.54) is 0 Å². The van der Waals surface area contributed by atoms with Crippen molar-refractivity contribution in [1.82, 2.24) is 10.2 Å². The van der Waals surface area contributed by atoms with Crippen molar-refractivity contribution in [3.8, 4) is 0 Å². The summed E-state index contributed by atoms with van der Waals surface area (Å²) < 4.78 is 0. The van der Waals surface area contributed by atoms with Gasteiger partial charge in [0.25, 0.3) is 0 Å². The number of halogens is 1. The summed E-state index contributed by atoms with van der Waals surface area (Å²) in [5.74, 6) is 1.22. The molecule has 0 spiro atoms. The molecule has 0 aromatic carbocycles. The second kappa shape index (κ2) is 10.8. The van der Waals surface area contributed by atoms with Crippen LogP contribution < -0.4 is 5.32 Å². The lowest BCUT2D eigenvalue weighted by Crippen LogP contribution is -2.60. The number of likely N-dealkylation sites (tertiary alicyclic amines) is 1. The van der Waals surface area contributed by atoms with Gasteiger partial charge in [-0.2, -0.15) is 11.8 Å². The number of carbonyl (C=O) groups is 1. The molecule has 1 saturated carbocycles. The van der Waals surface area contributed by atoms with Gasteiger partial charge in [0.05, 0.1) is 6.04 Å². The zero-order chi connectivity index (χ0) is 22.6. The molecule has 2 aliphatic carbocycles. The molecule has 3 aliphatic rings. The molecular weight excluding hydrogens is 428 g/mol. The average Bonchev–Trinajstić information content (AvgIpc) is 3.28. The van der Waals surface area contributed by atoms with E-state index in [4.69, 9.17) is 11.6 Å². The number of amides is 1.